The van der Waals surface area contributed by atoms with Crippen LogP contribution in [-0.4, -0.2) is 37.5 Å². The van der Waals surface area contributed by atoms with Crippen LogP contribution in [-0.2, 0) is 11.8 Å². The molecular weight excluding hydrogens is 320 g/mol. The van der Waals surface area contributed by atoms with Crippen molar-refractivity contribution >= 4 is 11.9 Å². The lowest BCUT2D eigenvalue weighted by Crippen LogP contribution is -2.17. The molecule has 0 aliphatic carbocycles. The number of hydrogen-bond donors (Lipinski definition) is 2. The van der Waals surface area contributed by atoms with Gasteiger partial charge in [-0.05, 0) is 18.9 Å². The van der Waals surface area contributed by atoms with Crippen LogP contribution in [0.15, 0.2) is 36.4 Å². The Morgan fingerprint density at radius 2 is 2.20 bits per heavy atom. The van der Waals surface area contributed by atoms with Crippen molar-refractivity contribution in [2.24, 2.45) is 7.05 Å². The van der Waals surface area contributed by atoms with Gasteiger partial charge in [-0.25, -0.2) is 0 Å². The van der Waals surface area contributed by atoms with Gasteiger partial charge in [-0.1, -0.05) is 30.3 Å². The summed E-state index contributed by atoms with van der Waals surface area (Å²) < 4.78 is 7.10. The number of benzene rings is 1. The minimum Gasteiger partial charge on any atom is -0.370 e. The van der Waals surface area contributed by atoms with E-state index in [0.717, 1.165) is 30.7 Å². The van der Waals surface area contributed by atoms with E-state index in [2.05, 4.69) is 25.6 Å². The van der Waals surface area contributed by atoms with E-state index in [9.17, 15) is 4.79 Å². The SMILES string of the molecule is Cn1nc(-c2ccccc2)cc1C(=O)Nc1n[nH]c([C@H]2CCCO2)n1. The van der Waals surface area contributed by atoms with E-state index in [1.165, 1.54) is 0 Å². The highest BCUT2D eigenvalue weighted by Gasteiger charge is 2.22. The molecule has 2 N–H and O–H groups in total. The minimum atomic E-state index is -0.310. The Labute approximate surface area is 144 Å². The molecule has 1 fully saturated rings. The van der Waals surface area contributed by atoms with Gasteiger partial charge in [0, 0.05) is 19.2 Å². The number of anilines is 1. The van der Waals surface area contributed by atoms with Crippen LogP contribution >= 0.6 is 0 Å². The molecule has 1 aliphatic rings. The topological polar surface area (TPSA) is 97.7 Å². The van der Waals surface area contributed by atoms with Crippen LogP contribution in [0.2, 0.25) is 0 Å². The van der Waals surface area contributed by atoms with Gasteiger partial charge >= 0.3 is 0 Å². The fraction of sp³-hybridized carbons (Fsp3) is 0.294. The molecule has 25 heavy (non-hydrogen) atoms. The lowest BCUT2D eigenvalue weighted by atomic mass is 10.1. The smallest absolute Gasteiger partial charge is 0.276 e. The number of rotatable bonds is 4. The quantitative estimate of drug-likeness (QED) is 0.761. The Balaban J connectivity index is 1.51. The molecule has 1 aliphatic heterocycles. The summed E-state index contributed by atoms with van der Waals surface area (Å²) in [5, 5.41) is 14.0. The van der Waals surface area contributed by atoms with Gasteiger partial charge in [0.15, 0.2) is 5.82 Å². The Hall–Kier alpha value is -3.00. The van der Waals surface area contributed by atoms with Crippen molar-refractivity contribution in [1.29, 1.82) is 0 Å². The summed E-state index contributed by atoms with van der Waals surface area (Å²) >= 11 is 0. The number of nitrogens with zero attached hydrogens (tertiary/aromatic N) is 4. The van der Waals surface area contributed by atoms with E-state index in [1.54, 1.807) is 17.8 Å². The second-order valence-corrected chi connectivity index (χ2v) is 5.90. The second kappa shape index (κ2) is 6.48. The first kappa shape index (κ1) is 15.5. The standard InChI is InChI=1S/C17H18N6O2/c1-23-13(10-12(22-23)11-6-3-2-4-7-11)16(24)19-17-18-15(20-21-17)14-8-5-9-25-14/h2-4,6-7,10,14H,5,8-9H2,1H3,(H2,18,19,20,21,24)/t14-/m1/s1. The number of aromatic amines is 1. The van der Waals surface area contributed by atoms with Crippen LogP contribution in [0.1, 0.15) is 35.3 Å². The average molecular weight is 338 g/mol. The molecule has 0 spiro atoms. The van der Waals surface area contributed by atoms with E-state index in [4.69, 9.17) is 4.74 Å². The number of hydrogen-bond acceptors (Lipinski definition) is 5. The van der Waals surface area contributed by atoms with Crippen LogP contribution in [0.25, 0.3) is 11.3 Å². The Morgan fingerprint density at radius 3 is 2.96 bits per heavy atom. The molecule has 3 aromatic rings. The molecule has 0 unspecified atom stereocenters. The van der Waals surface area contributed by atoms with Crippen molar-refractivity contribution in [2.45, 2.75) is 18.9 Å². The van der Waals surface area contributed by atoms with Gasteiger partial charge in [0.1, 0.15) is 11.8 Å². The number of ether oxygens (including phenoxy) is 1. The molecule has 0 bridgehead atoms. The van der Waals surface area contributed by atoms with Gasteiger partial charge in [0.25, 0.3) is 5.91 Å². The number of nitrogens with one attached hydrogen (secondary N) is 2. The van der Waals surface area contributed by atoms with Gasteiger partial charge in [-0.3, -0.25) is 19.9 Å². The normalized spacial score (nSPS) is 16.9. The number of H-pyrrole nitrogens is 1. The predicted octanol–water partition coefficient (Wildman–Crippen LogP) is 2.31. The van der Waals surface area contributed by atoms with Gasteiger partial charge in [0.05, 0.1) is 5.69 Å². The van der Waals surface area contributed by atoms with Crippen molar-refractivity contribution in [3.63, 3.8) is 0 Å². The van der Waals surface area contributed by atoms with Crippen LogP contribution in [0.3, 0.4) is 0 Å². The third kappa shape index (κ3) is 3.16. The Kier molecular flexibility index (Phi) is 4.02. The molecule has 1 saturated heterocycles. The maximum absolute atomic E-state index is 12.5. The largest absolute Gasteiger partial charge is 0.370 e. The molecule has 0 radical (unpaired) electrons. The zero-order chi connectivity index (χ0) is 17.2. The summed E-state index contributed by atoms with van der Waals surface area (Å²) in [4.78, 5) is 16.8. The van der Waals surface area contributed by atoms with E-state index < -0.39 is 0 Å². The van der Waals surface area contributed by atoms with Crippen molar-refractivity contribution in [1.82, 2.24) is 25.0 Å². The van der Waals surface area contributed by atoms with Crippen LogP contribution < -0.4 is 5.32 Å². The van der Waals surface area contributed by atoms with Crippen molar-refractivity contribution < 1.29 is 9.53 Å². The van der Waals surface area contributed by atoms with E-state index in [0.29, 0.717) is 11.5 Å². The third-order valence-corrected chi connectivity index (χ3v) is 4.14. The van der Waals surface area contributed by atoms with E-state index in [1.807, 2.05) is 30.3 Å². The lowest BCUT2D eigenvalue weighted by molar-refractivity contribution is 0.101. The molecule has 4 rings (SSSR count). The van der Waals surface area contributed by atoms with E-state index in [-0.39, 0.29) is 18.0 Å². The summed E-state index contributed by atoms with van der Waals surface area (Å²) in [6, 6.07) is 11.5. The van der Waals surface area contributed by atoms with E-state index >= 15 is 0 Å². The number of aryl methyl sites for hydroxylation is 1. The van der Waals surface area contributed by atoms with Crippen LogP contribution in [0.5, 0.6) is 0 Å². The highest BCUT2D eigenvalue weighted by Crippen LogP contribution is 2.26. The third-order valence-electron chi connectivity index (χ3n) is 4.14. The lowest BCUT2D eigenvalue weighted by Gasteiger charge is -2.03. The average Bonchev–Trinajstić information content (AvgIpc) is 3.35. The fourth-order valence-electron chi connectivity index (χ4n) is 2.86. The molecule has 1 amide bonds. The second-order valence-electron chi connectivity index (χ2n) is 5.90. The highest BCUT2D eigenvalue weighted by atomic mass is 16.5. The first-order valence-corrected chi connectivity index (χ1v) is 8.15. The zero-order valence-corrected chi connectivity index (χ0v) is 13.8. The number of carbonyl (C=O) groups excluding carboxylic acids is 1. The predicted molar refractivity (Wildman–Crippen MR) is 90.9 cm³/mol. The molecule has 2 aromatic heterocycles. The van der Waals surface area contributed by atoms with Crippen LogP contribution in [0.4, 0.5) is 5.95 Å². The molecular formula is C17H18N6O2. The monoisotopic (exact) mass is 338 g/mol. The number of carbonyl (C=O) groups is 1. The summed E-state index contributed by atoms with van der Waals surface area (Å²) in [7, 11) is 1.73. The van der Waals surface area contributed by atoms with Crippen molar-refractivity contribution in [3.8, 4) is 11.3 Å². The molecule has 0 saturated carbocycles. The Morgan fingerprint density at radius 1 is 1.36 bits per heavy atom. The number of amides is 1. The van der Waals surface area contributed by atoms with Gasteiger partial charge in [-0.2, -0.15) is 10.1 Å². The first-order chi connectivity index (χ1) is 12.2. The minimum absolute atomic E-state index is 0.0699. The fourth-order valence-corrected chi connectivity index (χ4v) is 2.86. The molecule has 128 valence electrons. The highest BCUT2D eigenvalue weighted by molar-refractivity contribution is 6.02. The number of aromatic nitrogens is 5. The van der Waals surface area contributed by atoms with Gasteiger partial charge in [-0.15, -0.1) is 5.10 Å². The molecule has 1 aromatic carbocycles. The summed E-state index contributed by atoms with van der Waals surface area (Å²) in [6.07, 6.45) is 1.84. The summed E-state index contributed by atoms with van der Waals surface area (Å²) in [5.74, 6) is 0.566. The summed E-state index contributed by atoms with van der Waals surface area (Å²) in [5.41, 5.74) is 2.13. The van der Waals surface area contributed by atoms with Gasteiger partial charge < -0.3 is 4.74 Å². The molecule has 1 atom stereocenters. The molecule has 3 heterocycles. The molecule has 8 nitrogen and oxygen atoms in total. The maximum atomic E-state index is 12.5. The summed E-state index contributed by atoms with van der Waals surface area (Å²) in [6.45, 7) is 0.727. The van der Waals surface area contributed by atoms with Crippen LogP contribution in [0, 0.1) is 0 Å². The Bertz CT molecular complexity index is 880. The maximum Gasteiger partial charge on any atom is 0.276 e. The molecule has 8 heteroatoms. The van der Waals surface area contributed by atoms with Crippen molar-refractivity contribution in [3.05, 3.63) is 47.9 Å². The van der Waals surface area contributed by atoms with Crippen molar-refractivity contribution in [2.75, 3.05) is 11.9 Å². The zero-order valence-electron chi connectivity index (χ0n) is 13.8. The van der Waals surface area contributed by atoms with Gasteiger partial charge in [0.2, 0.25) is 5.95 Å². The first-order valence-electron chi connectivity index (χ1n) is 8.15.